The molecule has 1 aliphatic heterocycles. The lowest BCUT2D eigenvalue weighted by Gasteiger charge is -2.47. The number of rotatable bonds is 5. The molecular formula is C17H31NO3. The van der Waals surface area contributed by atoms with Gasteiger partial charge in [0.05, 0.1) is 19.1 Å². The fourth-order valence-corrected chi connectivity index (χ4v) is 4.07. The molecule has 0 radical (unpaired) electrons. The van der Waals surface area contributed by atoms with Gasteiger partial charge in [0.2, 0.25) is 0 Å². The van der Waals surface area contributed by atoms with Gasteiger partial charge in [0, 0.05) is 12.6 Å². The van der Waals surface area contributed by atoms with Crippen LogP contribution in [-0.2, 0) is 14.3 Å². The maximum absolute atomic E-state index is 12.2. The molecule has 2 unspecified atom stereocenters. The van der Waals surface area contributed by atoms with Crippen molar-refractivity contribution < 1.29 is 14.3 Å². The Morgan fingerprint density at radius 1 is 1.19 bits per heavy atom. The van der Waals surface area contributed by atoms with E-state index < -0.39 is 0 Å². The van der Waals surface area contributed by atoms with E-state index in [-0.39, 0.29) is 17.6 Å². The van der Waals surface area contributed by atoms with Crippen molar-refractivity contribution in [2.75, 3.05) is 26.8 Å². The quantitative estimate of drug-likeness (QED) is 0.731. The Morgan fingerprint density at radius 3 is 2.52 bits per heavy atom. The van der Waals surface area contributed by atoms with Crippen LogP contribution in [0.2, 0.25) is 0 Å². The maximum atomic E-state index is 12.2. The van der Waals surface area contributed by atoms with Crippen molar-refractivity contribution >= 4 is 5.97 Å². The van der Waals surface area contributed by atoms with Gasteiger partial charge >= 0.3 is 5.97 Å². The summed E-state index contributed by atoms with van der Waals surface area (Å²) in [5.41, 5.74) is -0.0322. The van der Waals surface area contributed by atoms with Gasteiger partial charge in [0.1, 0.15) is 0 Å². The Labute approximate surface area is 129 Å². The molecule has 1 aliphatic carbocycles. The van der Waals surface area contributed by atoms with Gasteiger partial charge in [-0.15, -0.1) is 0 Å². The number of ether oxygens (including phenoxy) is 2. The molecule has 2 fully saturated rings. The molecule has 0 N–H and O–H groups in total. The highest BCUT2D eigenvalue weighted by Gasteiger charge is 2.43. The summed E-state index contributed by atoms with van der Waals surface area (Å²) in [4.78, 5) is 14.7. The van der Waals surface area contributed by atoms with Crippen LogP contribution in [0, 0.1) is 0 Å². The molecule has 0 bridgehead atoms. The summed E-state index contributed by atoms with van der Waals surface area (Å²) >= 11 is 0. The van der Waals surface area contributed by atoms with Crippen molar-refractivity contribution in [2.45, 2.75) is 76.4 Å². The summed E-state index contributed by atoms with van der Waals surface area (Å²) in [5.74, 6) is -0.0431. The zero-order valence-corrected chi connectivity index (χ0v) is 13.7. The predicted octanol–water partition coefficient (Wildman–Crippen LogP) is 3.14. The largest absolute Gasteiger partial charge is 0.466 e. The monoisotopic (exact) mass is 297 g/mol. The van der Waals surface area contributed by atoms with Gasteiger partial charge in [-0.1, -0.05) is 12.8 Å². The Hall–Kier alpha value is -0.610. The maximum Gasteiger partial charge on any atom is 0.307 e. The van der Waals surface area contributed by atoms with Crippen LogP contribution in [0.4, 0.5) is 0 Å². The van der Waals surface area contributed by atoms with E-state index >= 15 is 0 Å². The van der Waals surface area contributed by atoms with Gasteiger partial charge < -0.3 is 9.47 Å². The van der Waals surface area contributed by atoms with E-state index in [2.05, 4.69) is 4.90 Å². The third-order valence-electron chi connectivity index (χ3n) is 5.16. The average Bonchev–Trinajstić information content (AvgIpc) is 2.77. The van der Waals surface area contributed by atoms with Crippen molar-refractivity contribution in [1.82, 2.24) is 4.90 Å². The van der Waals surface area contributed by atoms with E-state index in [1.54, 1.807) is 7.11 Å². The summed E-state index contributed by atoms with van der Waals surface area (Å²) in [6, 6.07) is 0. The first kappa shape index (κ1) is 16.8. The van der Waals surface area contributed by atoms with E-state index in [0.29, 0.717) is 13.0 Å². The molecule has 0 amide bonds. The number of likely N-dealkylation sites (tertiary alicyclic amines) is 1. The van der Waals surface area contributed by atoms with E-state index in [0.717, 1.165) is 38.8 Å². The van der Waals surface area contributed by atoms with Crippen LogP contribution in [0.5, 0.6) is 0 Å². The first-order valence-electron chi connectivity index (χ1n) is 8.63. The highest BCUT2D eigenvalue weighted by Crippen LogP contribution is 2.39. The van der Waals surface area contributed by atoms with Crippen LogP contribution in [-0.4, -0.2) is 49.3 Å². The van der Waals surface area contributed by atoms with Gasteiger partial charge in [-0.2, -0.15) is 0 Å². The Balaban J connectivity index is 2.13. The topological polar surface area (TPSA) is 38.8 Å². The number of methoxy groups -OCH3 is 1. The molecule has 0 aromatic rings. The van der Waals surface area contributed by atoms with Crippen molar-refractivity contribution in [3.05, 3.63) is 0 Å². The number of hydrogen-bond acceptors (Lipinski definition) is 4. The number of esters is 1. The molecule has 4 nitrogen and oxygen atoms in total. The molecule has 21 heavy (non-hydrogen) atoms. The highest BCUT2D eigenvalue weighted by molar-refractivity contribution is 5.71. The molecule has 2 rings (SSSR count). The van der Waals surface area contributed by atoms with Crippen LogP contribution >= 0.6 is 0 Å². The Morgan fingerprint density at radius 2 is 1.90 bits per heavy atom. The lowest BCUT2D eigenvalue weighted by Crippen LogP contribution is -2.54. The third kappa shape index (κ3) is 4.43. The molecule has 1 saturated carbocycles. The first-order chi connectivity index (χ1) is 10.2. The molecule has 1 saturated heterocycles. The molecule has 122 valence electrons. The normalized spacial score (nSPS) is 31.6. The Bertz CT molecular complexity index is 326. The van der Waals surface area contributed by atoms with E-state index in [1.165, 1.54) is 25.7 Å². The second-order valence-corrected chi connectivity index (χ2v) is 6.56. The van der Waals surface area contributed by atoms with E-state index in [4.69, 9.17) is 9.47 Å². The number of hydrogen-bond donors (Lipinski definition) is 0. The van der Waals surface area contributed by atoms with E-state index in [9.17, 15) is 4.79 Å². The predicted molar refractivity (Wildman–Crippen MR) is 83.3 cm³/mol. The van der Waals surface area contributed by atoms with Gasteiger partial charge in [-0.05, 0) is 58.5 Å². The fourth-order valence-electron chi connectivity index (χ4n) is 4.07. The second kappa shape index (κ2) is 8.14. The zero-order chi connectivity index (χ0) is 15.1. The summed E-state index contributed by atoms with van der Waals surface area (Å²) in [6.07, 6.45) is 10.3. The number of carbonyl (C=O) groups excluding carboxylic acids is 1. The second-order valence-electron chi connectivity index (χ2n) is 6.56. The lowest BCUT2D eigenvalue weighted by molar-refractivity contribution is -0.148. The van der Waals surface area contributed by atoms with Crippen LogP contribution in [0.25, 0.3) is 0 Å². The van der Waals surface area contributed by atoms with Crippen LogP contribution in [0.1, 0.15) is 64.7 Å². The summed E-state index contributed by atoms with van der Waals surface area (Å²) in [6.45, 7) is 4.60. The number of carbonyl (C=O) groups is 1. The van der Waals surface area contributed by atoms with Crippen LogP contribution < -0.4 is 0 Å². The molecular weight excluding hydrogens is 266 g/mol. The lowest BCUT2D eigenvalue weighted by atomic mass is 9.76. The van der Waals surface area contributed by atoms with Crippen LogP contribution in [0.3, 0.4) is 0 Å². The van der Waals surface area contributed by atoms with Crippen LogP contribution in [0.15, 0.2) is 0 Å². The molecule has 4 heteroatoms. The minimum atomic E-state index is -0.0431. The zero-order valence-electron chi connectivity index (χ0n) is 13.7. The molecule has 0 aromatic heterocycles. The number of nitrogens with zero attached hydrogens (tertiary/aromatic N) is 1. The van der Waals surface area contributed by atoms with Gasteiger partial charge in [-0.3, -0.25) is 9.69 Å². The summed E-state index contributed by atoms with van der Waals surface area (Å²) in [5, 5.41) is 0. The summed E-state index contributed by atoms with van der Waals surface area (Å²) in [7, 11) is 1.80. The van der Waals surface area contributed by atoms with Gasteiger partial charge in [0.25, 0.3) is 0 Å². The first-order valence-corrected chi connectivity index (χ1v) is 8.63. The third-order valence-corrected chi connectivity index (χ3v) is 5.16. The smallest absolute Gasteiger partial charge is 0.307 e. The average molecular weight is 297 g/mol. The van der Waals surface area contributed by atoms with E-state index in [1.807, 2.05) is 6.92 Å². The molecule has 2 aliphatic rings. The Kier molecular flexibility index (Phi) is 6.49. The molecule has 0 aromatic carbocycles. The van der Waals surface area contributed by atoms with Crippen molar-refractivity contribution in [3.63, 3.8) is 0 Å². The highest BCUT2D eigenvalue weighted by atomic mass is 16.5. The summed E-state index contributed by atoms with van der Waals surface area (Å²) < 4.78 is 10.9. The van der Waals surface area contributed by atoms with Gasteiger partial charge in [-0.25, -0.2) is 0 Å². The minimum absolute atomic E-state index is 0.0322. The SMILES string of the molecule is CCOC(=O)CC1(N2CCCCCC2)CCCC(OC)C1. The molecule has 0 spiro atoms. The molecule has 2 atom stereocenters. The molecule has 1 heterocycles. The van der Waals surface area contributed by atoms with Gasteiger partial charge in [0.15, 0.2) is 0 Å². The van der Waals surface area contributed by atoms with Crippen molar-refractivity contribution in [3.8, 4) is 0 Å². The standard InChI is InChI=1S/C17H31NO3/c1-3-21-16(19)14-17(10-8-9-15(13-17)20-2)18-11-6-4-5-7-12-18/h15H,3-14H2,1-2H3. The minimum Gasteiger partial charge on any atom is -0.466 e. The fraction of sp³-hybridized carbons (Fsp3) is 0.941. The van der Waals surface area contributed by atoms with Crippen molar-refractivity contribution in [2.24, 2.45) is 0 Å². The van der Waals surface area contributed by atoms with Crippen molar-refractivity contribution in [1.29, 1.82) is 0 Å².